The van der Waals surface area contributed by atoms with E-state index in [1.54, 1.807) is 12.1 Å². The van der Waals surface area contributed by atoms with Crippen LogP contribution < -0.4 is 9.47 Å². The van der Waals surface area contributed by atoms with E-state index in [1.807, 2.05) is 0 Å². The molecule has 0 bridgehead atoms. The first-order chi connectivity index (χ1) is 8.16. The fraction of sp³-hybridized carbons (Fsp3) is 0.462. The second-order valence-corrected chi connectivity index (χ2v) is 4.28. The van der Waals surface area contributed by atoms with Crippen LogP contribution in [-0.2, 0) is 5.41 Å². The summed E-state index contributed by atoms with van der Waals surface area (Å²) in [6, 6.07) is 5.81. The molecule has 1 saturated carbocycles. The number of rotatable bonds is 3. The lowest BCUT2D eigenvalue weighted by Gasteiger charge is -2.36. The molecule has 0 atom stereocenters. The molecule has 1 fully saturated rings. The van der Waals surface area contributed by atoms with E-state index in [0.29, 0.717) is 11.5 Å². The Labute approximate surface area is 100 Å². The number of ether oxygens (including phenoxy) is 2. The number of phenolic OH excluding ortho intramolecular Hbond substituents is 1. The van der Waals surface area contributed by atoms with Crippen molar-refractivity contribution in [2.45, 2.75) is 24.7 Å². The van der Waals surface area contributed by atoms with E-state index < -0.39 is 5.41 Å². The first kappa shape index (κ1) is 11.6. The molecule has 2 rings (SSSR count). The summed E-state index contributed by atoms with van der Waals surface area (Å²) in [5.41, 5.74) is 0.423. The van der Waals surface area contributed by atoms with Gasteiger partial charge in [-0.3, -0.25) is 0 Å². The quantitative estimate of drug-likeness (QED) is 0.870. The molecule has 17 heavy (non-hydrogen) atoms. The van der Waals surface area contributed by atoms with Crippen molar-refractivity contribution in [2.24, 2.45) is 0 Å². The molecule has 0 heterocycles. The zero-order chi connectivity index (χ0) is 12.5. The second kappa shape index (κ2) is 4.17. The molecule has 1 N–H and O–H groups in total. The topological polar surface area (TPSA) is 62.5 Å². The zero-order valence-electron chi connectivity index (χ0n) is 9.99. The van der Waals surface area contributed by atoms with Crippen LogP contribution in [0.25, 0.3) is 0 Å². The molecule has 0 unspecified atom stereocenters. The third-order valence-electron chi connectivity index (χ3n) is 3.45. The van der Waals surface area contributed by atoms with Gasteiger partial charge in [0.15, 0.2) is 11.5 Å². The fourth-order valence-corrected chi connectivity index (χ4v) is 2.17. The SMILES string of the molecule is COc1cc(C2(C#N)CCC2)cc(OC)c1O. The van der Waals surface area contributed by atoms with Crippen LogP contribution in [0.4, 0.5) is 0 Å². The van der Waals surface area contributed by atoms with Crippen molar-refractivity contribution >= 4 is 0 Å². The number of hydrogen-bond acceptors (Lipinski definition) is 4. The lowest BCUT2D eigenvalue weighted by Crippen LogP contribution is -2.32. The number of nitriles is 1. The Bertz CT molecular complexity index is 447. The number of nitrogens with zero attached hydrogens (tertiary/aromatic N) is 1. The third kappa shape index (κ3) is 1.68. The van der Waals surface area contributed by atoms with Gasteiger partial charge in [0.2, 0.25) is 5.75 Å². The van der Waals surface area contributed by atoms with Gasteiger partial charge in [-0.15, -0.1) is 0 Å². The monoisotopic (exact) mass is 233 g/mol. The van der Waals surface area contributed by atoms with Gasteiger partial charge in [0.25, 0.3) is 0 Å². The lowest BCUT2D eigenvalue weighted by atomic mass is 9.65. The van der Waals surface area contributed by atoms with E-state index in [0.717, 1.165) is 24.8 Å². The number of phenols is 1. The number of hydrogen-bond donors (Lipinski definition) is 1. The van der Waals surface area contributed by atoms with Gasteiger partial charge in [-0.1, -0.05) is 0 Å². The minimum Gasteiger partial charge on any atom is -0.502 e. The molecule has 0 aliphatic heterocycles. The molecule has 1 aliphatic rings. The van der Waals surface area contributed by atoms with Crippen LogP contribution in [0.2, 0.25) is 0 Å². The molecule has 1 aromatic rings. The van der Waals surface area contributed by atoms with Crippen molar-refractivity contribution in [3.63, 3.8) is 0 Å². The van der Waals surface area contributed by atoms with Crippen LogP contribution in [0.15, 0.2) is 12.1 Å². The van der Waals surface area contributed by atoms with Crippen LogP contribution in [0, 0.1) is 11.3 Å². The normalized spacial score (nSPS) is 16.8. The maximum Gasteiger partial charge on any atom is 0.200 e. The second-order valence-electron chi connectivity index (χ2n) is 4.28. The van der Waals surface area contributed by atoms with E-state index in [2.05, 4.69) is 6.07 Å². The third-order valence-corrected chi connectivity index (χ3v) is 3.45. The van der Waals surface area contributed by atoms with E-state index in [1.165, 1.54) is 14.2 Å². The van der Waals surface area contributed by atoms with Crippen molar-refractivity contribution in [2.75, 3.05) is 14.2 Å². The molecular weight excluding hydrogens is 218 g/mol. The summed E-state index contributed by atoms with van der Waals surface area (Å²) in [6.45, 7) is 0. The van der Waals surface area contributed by atoms with E-state index in [-0.39, 0.29) is 5.75 Å². The Hall–Kier alpha value is -1.89. The van der Waals surface area contributed by atoms with Crippen LogP contribution >= 0.6 is 0 Å². The first-order valence-corrected chi connectivity index (χ1v) is 5.53. The molecule has 1 aliphatic carbocycles. The van der Waals surface area contributed by atoms with Crippen LogP contribution in [-0.4, -0.2) is 19.3 Å². The van der Waals surface area contributed by atoms with Gasteiger partial charge in [-0.2, -0.15) is 5.26 Å². The Morgan fingerprint density at radius 3 is 2.06 bits per heavy atom. The van der Waals surface area contributed by atoms with Crippen molar-refractivity contribution in [3.8, 4) is 23.3 Å². The van der Waals surface area contributed by atoms with E-state index in [9.17, 15) is 10.4 Å². The summed E-state index contributed by atoms with van der Waals surface area (Å²) in [7, 11) is 2.97. The molecule has 0 spiro atoms. The number of methoxy groups -OCH3 is 2. The highest BCUT2D eigenvalue weighted by atomic mass is 16.5. The average Bonchev–Trinajstić information content (AvgIpc) is 2.30. The van der Waals surface area contributed by atoms with Gasteiger partial charge in [-0.05, 0) is 37.0 Å². The minimum atomic E-state index is -0.436. The lowest BCUT2D eigenvalue weighted by molar-refractivity contribution is 0.311. The maximum absolute atomic E-state index is 9.81. The Morgan fingerprint density at radius 1 is 1.24 bits per heavy atom. The highest BCUT2D eigenvalue weighted by Gasteiger charge is 2.40. The predicted octanol–water partition coefficient (Wildman–Crippen LogP) is 2.35. The fourth-order valence-electron chi connectivity index (χ4n) is 2.17. The highest BCUT2D eigenvalue weighted by Crippen LogP contribution is 2.48. The van der Waals surface area contributed by atoms with Crippen molar-refractivity contribution < 1.29 is 14.6 Å². The molecule has 4 heteroatoms. The summed E-state index contributed by atoms with van der Waals surface area (Å²) in [5.74, 6) is 0.674. The molecule has 4 nitrogen and oxygen atoms in total. The maximum atomic E-state index is 9.81. The Morgan fingerprint density at radius 2 is 1.76 bits per heavy atom. The summed E-state index contributed by atoms with van der Waals surface area (Å²) >= 11 is 0. The summed E-state index contributed by atoms with van der Waals surface area (Å²) < 4.78 is 10.2. The average molecular weight is 233 g/mol. The van der Waals surface area contributed by atoms with E-state index in [4.69, 9.17) is 9.47 Å². The van der Waals surface area contributed by atoms with Gasteiger partial charge in [0.05, 0.1) is 25.7 Å². The Balaban J connectivity index is 2.52. The summed E-state index contributed by atoms with van der Waals surface area (Å²) in [6.07, 6.45) is 2.75. The molecule has 90 valence electrons. The Kier molecular flexibility index (Phi) is 2.84. The van der Waals surface area contributed by atoms with Gasteiger partial charge in [0, 0.05) is 0 Å². The largest absolute Gasteiger partial charge is 0.502 e. The molecule has 0 aromatic heterocycles. The van der Waals surface area contributed by atoms with Gasteiger partial charge >= 0.3 is 0 Å². The van der Waals surface area contributed by atoms with Crippen LogP contribution in [0.1, 0.15) is 24.8 Å². The standard InChI is InChI=1S/C13H15NO3/c1-16-10-6-9(7-11(17-2)12(10)15)13(8-14)4-3-5-13/h6-7,15H,3-5H2,1-2H3. The molecule has 0 radical (unpaired) electrons. The first-order valence-electron chi connectivity index (χ1n) is 5.53. The zero-order valence-corrected chi connectivity index (χ0v) is 9.99. The van der Waals surface area contributed by atoms with Crippen LogP contribution in [0.3, 0.4) is 0 Å². The van der Waals surface area contributed by atoms with Gasteiger partial charge in [-0.25, -0.2) is 0 Å². The summed E-state index contributed by atoms with van der Waals surface area (Å²) in [4.78, 5) is 0. The number of aromatic hydroxyl groups is 1. The van der Waals surface area contributed by atoms with Crippen molar-refractivity contribution in [1.82, 2.24) is 0 Å². The molecule has 0 amide bonds. The predicted molar refractivity (Wildman–Crippen MR) is 62.4 cm³/mol. The smallest absolute Gasteiger partial charge is 0.200 e. The minimum absolute atomic E-state index is 0.0221. The highest BCUT2D eigenvalue weighted by molar-refractivity contribution is 5.55. The van der Waals surface area contributed by atoms with Crippen molar-refractivity contribution in [3.05, 3.63) is 17.7 Å². The number of benzene rings is 1. The van der Waals surface area contributed by atoms with Gasteiger partial charge < -0.3 is 14.6 Å². The molecular formula is C13H15NO3. The van der Waals surface area contributed by atoms with Crippen molar-refractivity contribution in [1.29, 1.82) is 5.26 Å². The van der Waals surface area contributed by atoms with Crippen LogP contribution in [0.5, 0.6) is 17.2 Å². The summed E-state index contributed by atoms with van der Waals surface area (Å²) in [5, 5.41) is 19.1. The van der Waals surface area contributed by atoms with E-state index >= 15 is 0 Å². The molecule has 0 saturated heterocycles. The molecule has 1 aromatic carbocycles. The van der Waals surface area contributed by atoms with Gasteiger partial charge in [0.1, 0.15) is 0 Å².